The van der Waals surface area contributed by atoms with Gasteiger partial charge in [0.05, 0.1) is 18.2 Å². The second-order valence-electron chi connectivity index (χ2n) is 6.26. The van der Waals surface area contributed by atoms with Gasteiger partial charge in [-0.05, 0) is 37.3 Å². The number of halogens is 2. The van der Waals surface area contributed by atoms with Crippen molar-refractivity contribution in [2.45, 2.75) is 19.9 Å². The molecule has 142 valence electrons. The molecule has 1 N–H and O–H groups in total. The van der Waals surface area contributed by atoms with Gasteiger partial charge in [-0.1, -0.05) is 28.1 Å². The second kappa shape index (κ2) is 8.52. The average Bonchev–Trinajstić information content (AvgIpc) is 3.04. The minimum absolute atomic E-state index is 0.0737. The molecule has 5 nitrogen and oxygen atoms in total. The largest absolute Gasteiger partial charge is 0.492 e. The normalized spacial score (nSPS) is 16.5. The highest BCUT2D eigenvalue weighted by molar-refractivity contribution is 9.10. The molecule has 1 fully saturated rings. The van der Waals surface area contributed by atoms with Gasteiger partial charge in [0.25, 0.3) is 0 Å². The van der Waals surface area contributed by atoms with Crippen LogP contribution in [-0.4, -0.2) is 25.0 Å². The van der Waals surface area contributed by atoms with E-state index in [0.717, 1.165) is 4.47 Å². The van der Waals surface area contributed by atoms with Gasteiger partial charge in [-0.3, -0.25) is 9.59 Å². The SMILES string of the molecule is CCOc1ccccc1N1CC(C(=O)NCc2cc(Br)ccc2F)CC1=O. The van der Waals surface area contributed by atoms with Gasteiger partial charge >= 0.3 is 0 Å². The molecule has 2 aromatic rings. The summed E-state index contributed by atoms with van der Waals surface area (Å²) >= 11 is 3.29. The average molecular weight is 435 g/mol. The molecule has 0 bridgehead atoms. The van der Waals surface area contributed by atoms with E-state index in [0.29, 0.717) is 23.6 Å². The molecule has 0 aromatic heterocycles. The van der Waals surface area contributed by atoms with Crippen molar-refractivity contribution in [3.05, 3.63) is 58.3 Å². The zero-order valence-electron chi connectivity index (χ0n) is 14.9. The molecule has 0 saturated carbocycles. The van der Waals surface area contributed by atoms with E-state index < -0.39 is 5.92 Å². The summed E-state index contributed by atoms with van der Waals surface area (Å²) in [5, 5.41) is 2.73. The molecule has 1 heterocycles. The summed E-state index contributed by atoms with van der Waals surface area (Å²) in [6.07, 6.45) is 0.118. The van der Waals surface area contributed by atoms with Crippen LogP contribution in [0.15, 0.2) is 46.9 Å². The molecule has 1 aliphatic heterocycles. The van der Waals surface area contributed by atoms with Crippen LogP contribution in [0.25, 0.3) is 0 Å². The number of ether oxygens (including phenoxy) is 1. The molecular weight excluding hydrogens is 415 g/mol. The van der Waals surface area contributed by atoms with E-state index in [-0.39, 0.29) is 37.1 Å². The maximum absolute atomic E-state index is 13.8. The Kier molecular flexibility index (Phi) is 6.11. The van der Waals surface area contributed by atoms with Crippen LogP contribution < -0.4 is 15.0 Å². The second-order valence-corrected chi connectivity index (χ2v) is 7.18. The lowest BCUT2D eigenvalue weighted by Crippen LogP contribution is -2.33. The van der Waals surface area contributed by atoms with Gasteiger partial charge < -0.3 is 15.0 Å². The lowest BCUT2D eigenvalue weighted by Gasteiger charge is -2.20. The highest BCUT2D eigenvalue weighted by Crippen LogP contribution is 2.33. The zero-order chi connectivity index (χ0) is 19.4. The number of hydrogen-bond acceptors (Lipinski definition) is 3. The number of amides is 2. The van der Waals surface area contributed by atoms with Crippen LogP contribution in [0.4, 0.5) is 10.1 Å². The summed E-state index contributed by atoms with van der Waals surface area (Å²) in [5.41, 5.74) is 1.05. The maximum Gasteiger partial charge on any atom is 0.227 e. The quantitative estimate of drug-likeness (QED) is 0.754. The van der Waals surface area contributed by atoms with Gasteiger partial charge in [-0.2, -0.15) is 0 Å². The number of benzene rings is 2. The number of carbonyl (C=O) groups is 2. The molecule has 0 radical (unpaired) electrons. The Bertz CT molecular complexity index is 859. The minimum atomic E-state index is -0.484. The van der Waals surface area contributed by atoms with E-state index in [1.807, 2.05) is 19.1 Å². The third kappa shape index (κ3) is 4.47. The molecular formula is C20H20BrFN2O3. The molecule has 1 unspecified atom stereocenters. The Morgan fingerprint density at radius 2 is 2.11 bits per heavy atom. The van der Waals surface area contributed by atoms with Crippen LogP contribution in [0, 0.1) is 11.7 Å². The fraction of sp³-hybridized carbons (Fsp3) is 0.300. The van der Waals surface area contributed by atoms with Crippen molar-refractivity contribution in [1.29, 1.82) is 0 Å². The van der Waals surface area contributed by atoms with E-state index in [1.165, 1.54) is 6.07 Å². The lowest BCUT2D eigenvalue weighted by atomic mass is 10.1. The Morgan fingerprint density at radius 3 is 2.89 bits per heavy atom. The number of hydrogen-bond donors (Lipinski definition) is 1. The van der Waals surface area contributed by atoms with Crippen LogP contribution in [0.3, 0.4) is 0 Å². The summed E-state index contributed by atoms with van der Waals surface area (Å²) < 4.78 is 20.1. The number of rotatable bonds is 6. The van der Waals surface area contributed by atoms with E-state index in [4.69, 9.17) is 4.74 Å². The van der Waals surface area contributed by atoms with Crippen LogP contribution in [-0.2, 0) is 16.1 Å². The van der Waals surface area contributed by atoms with Crippen molar-refractivity contribution < 1.29 is 18.7 Å². The van der Waals surface area contributed by atoms with Crippen LogP contribution >= 0.6 is 15.9 Å². The van der Waals surface area contributed by atoms with Crippen molar-refractivity contribution in [3.63, 3.8) is 0 Å². The third-order valence-corrected chi connectivity index (χ3v) is 4.91. The predicted octanol–water partition coefficient (Wildman–Crippen LogP) is 3.66. The van der Waals surface area contributed by atoms with Crippen molar-refractivity contribution in [1.82, 2.24) is 5.32 Å². The molecule has 2 aromatic carbocycles. The number of nitrogens with zero attached hydrogens (tertiary/aromatic N) is 1. The first kappa shape index (κ1) is 19.4. The summed E-state index contributed by atoms with van der Waals surface area (Å²) in [4.78, 5) is 26.5. The van der Waals surface area contributed by atoms with Gasteiger partial charge in [0.15, 0.2) is 0 Å². The maximum atomic E-state index is 13.8. The van der Waals surface area contributed by atoms with Gasteiger partial charge in [-0.25, -0.2) is 4.39 Å². The molecule has 1 saturated heterocycles. The van der Waals surface area contributed by atoms with E-state index >= 15 is 0 Å². The molecule has 1 atom stereocenters. The van der Waals surface area contributed by atoms with Gasteiger partial charge in [0, 0.05) is 29.5 Å². The first-order valence-electron chi connectivity index (χ1n) is 8.73. The fourth-order valence-electron chi connectivity index (χ4n) is 3.08. The van der Waals surface area contributed by atoms with Crippen molar-refractivity contribution in [2.24, 2.45) is 5.92 Å². The molecule has 3 rings (SSSR count). The highest BCUT2D eigenvalue weighted by Gasteiger charge is 2.36. The minimum Gasteiger partial charge on any atom is -0.492 e. The van der Waals surface area contributed by atoms with Crippen molar-refractivity contribution in [3.8, 4) is 5.75 Å². The number of nitrogens with one attached hydrogen (secondary N) is 1. The number of para-hydroxylation sites is 2. The van der Waals surface area contributed by atoms with Crippen LogP contribution in [0.5, 0.6) is 5.75 Å². The standard InChI is InChI=1S/C20H20BrFN2O3/c1-2-27-18-6-4-3-5-17(18)24-12-14(10-19(24)25)20(26)23-11-13-9-15(21)7-8-16(13)22/h3-9,14H,2,10-12H2,1H3,(H,23,26). The first-order chi connectivity index (χ1) is 13.0. The van der Waals surface area contributed by atoms with Gasteiger partial charge in [-0.15, -0.1) is 0 Å². The molecule has 27 heavy (non-hydrogen) atoms. The third-order valence-electron chi connectivity index (χ3n) is 4.41. The van der Waals surface area contributed by atoms with Crippen molar-refractivity contribution in [2.75, 3.05) is 18.1 Å². The zero-order valence-corrected chi connectivity index (χ0v) is 16.5. The van der Waals surface area contributed by atoms with Crippen LogP contribution in [0.2, 0.25) is 0 Å². The lowest BCUT2D eigenvalue weighted by molar-refractivity contribution is -0.126. The number of anilines is 1. The molecule has 0 aliphatic carbocycles. The Balaban J connectivity index is 1.66. The summed E-state index contributed by atoms with van der Waals surface area (Å²) in [6.45, 7) is 2.71. The highest BCUT2D eigenvalue weighted by atomic mass is 79.9. The topological polar surface area (TPSA) is 58.6 Å². The van der Waals surface area contributed by atoms with E-state index in [1.54, 1.807) is 29.2 Å². The van der Waals surface area contributed by atoms with Gasteiger partial charge in [0.1, 0.15) is 11.6 Å². The van der Waals surface area contributed by atoms with Gasteiger partial charge in [0.2, 0.25) is 11.8 Å². The predicted molar refractivity (Wildman–Crippen MR) is 104 cm³/mol. The molecule has 0 spiro atoms. The monoisotopic (exact) mass is 434 g/mol. The molecule has 1 aliphatic rings. The smallest absolute Gasteiger partial charge is 0.227 e. The first-order valence-corrected chi connectivity index (χ1v) is 9.52. The molecule has 2 amide bonds. The summed E-state index contributed by atoms with van der Waals surface area (Å²) in [5.74, 6) is -0.642. The fourth-order valence-corrected chi connectivity index (χ4v) is 3.49. The Morgan fingerprint density at radius 1 is 1.33 bits per heavy atom. The molecule has 7 heteroatoms. The number of carbonyl (C=O) groups excluding carboxylic acids is 2. The van der Waals surface area contributed by atoms with E-state index in [2.05, 4.69) is 21.2 Å². The Hall–Kier alpha value is -2.41. The summed E-state index contributed by atoms with van der Waals surface area (Å²) in [6, 6.07) is 11.8. The van der Waals surface area contributed by atoms with Crippen LogP contribution in [0.1, 0.15) is 18.9 Å². The summed E-state index contributed by atoms with van der Waals surface area (Å²) in [7, 11) is 0. The van der Waals surface area contributed by atoms with Crippen molar-refractivity contribution >= 4 is 33.4 Å². The van der Waals surface area contributed by atoms with E-state index in [9.17, 15) is 14.0 Å². The Labute approximate surface area is 165 Å².